The number of rotatable bonds is 9. The SMILES string of the molecule is CC(=O)N(CCCc1ccccc1)CCC(=O)NCc1ccccn1. The number of hydrogen-bond acceptors (Lipinski definition) is 3. The van der Waals surface area contributed by atoms with Gasteiger partial charge in [0.1, 0.15) is 0 Å². The van der Waals surface area contributed by atoms with Gasteiger partial charge < -0.3 is 10.2 Å². The number of nitrogens with one attached hydrogen (secondary N) is 1. The Morgan fingerprint density at radius 3 is 2.48 bits per heavy atom. The second kappa shape index (κ2) is 10.2. The van der Waals surface area contributed by atoms with E-state index in [-0.39, 0.29) is 11.8 Å². The highest BCUT2D eigenvalue weighted by Crippen LogP contribution is 2.04. The molecule has 1 N–H and O–H groups in total. The monoisotopic (exact) mass is 339 g/mol. The molecule has 1 heterocycles. The van der Waals surface area contributed by atoms with Gasteiger partial charge in [0, 0.05) is 32.6 Å². The first-order valence-electron chi connectivity index (χ1n) is 8.61. The van der Waals surface area contributed by atoms with E-state index in [1.165, 1.54) is 5.56 Å². The highest BCUT2D eigenvalue weighted by Gasteiger charge is 2.11. The molecule has 1 aromatic heterocycles. The van der Waals surface area contributed by atoms with Crippen molar-refractivity contribution < 1.29 is 9.59 Å². The van der Waals surface area contributed by atoms with E-state index < -0.39 is 0 Å². The number of aryl methyl sites for hydroxylation is 1. The number of amides is 2. The molecule has 0 saturated carbocycles. The molecule has 0 bridgehead atoms. The normalized spacial score (nSPS) is 10.3. The molecule has 0 radical (unpaired) electrons. The minimum absolute atomic E-state index is 0.00517. The first kappa shape index (κ1) is 18.6. The number of carbonyl (C=O) groups is 2. The zero-order valence-corrected chi connectivity index (χ0v) is 14.6. The Labute approximate surface area is 149 Å². The predicted molar refractivity (Wildman–Crippen MR) is 97.7 cm³/mol. The van der Waals surface area contributed by atoms with Crippen LogP contribution in [0.3, 0.4) is 0 Å². The summed E-state index contributed by atoms with van der Waals surface area (Å²) in [5, 5.41) is 2.84. The number of benzene rings is 1. The summed E-state index contributed by atoms with van der Waals surface area (Å²) in [4.78, 5) is 29.6. The number of carbonyl (C=O) groups excluding carboxylic acids is 2. The van der Waals surface area contributed by atoms with Gasteiger partial charge in [-0.15, -0.1) is 0 Å². The maximum atomic E-state index is 12.0. The zero-order valence-electron chi connectivity index (χ0n) is 14.6. The van der Waals surface area contributed by atoms with Crippen molar-refractivity contribution >= 4 is 11.8 Å². The van der Waals surface area contributed by atoms with Crippen LogP contribution in [-0.4, -0.2) is 34.8 Å². The van der Waals surface area contributed by atoms with E-state index in [4.69, 9.17) is 0 Å². The van der Waals surface area contributed by atoms with Crippen LogP contribution in [0.5, 0.6) is 0 Å². The summed E-state index contributed by atoms with van der Waals surface area (Å²) in [5.74, 6) is -0.0643. The average molecular weight is 339 g/mol. The Hall–Kier alpha value is -2.69. The van der Waals surface area contributed by atoms with Crippen molar-refractivity contribution in [2.24, 2.45) is 0 Å². The minimum Gasteiger partial charge on any atom is -0.350 e. The molecule has 25 heavy (non-hydrogen) atoms. The molecule has 2 rings (SSSR count). The lowest BCUT2D eigenvalue weighted by molar-refractivity contribution is -0.129. The summed E-state index contributed by atoms with van der Waals surface area (Å²) in [6.45, 7) is 3.07. The first-order chi connectivity index (χ1) is 12.1. The van der Waals surface area contributed by atoms with E-state index >= 15 is 0 Å². The number of hydrogen-bond donors (Lipinski definition) is 1. The molecular weight excluding hydrogens is 314 g/mol. The van der Waals surface area contributed by atoms with Crippen LogP contribution in [0.1, 0.15) is 31.0 Å². The molecule has 0 fully saturated rings. The molecule has 5 nitrogen and oxygen atoms in total. The molecule has 2 amide bonds. The van der Waals surface area contributed by atoms with Gasteiger partial charge in [0.05, 0.1) is 12.2 Å². The quantitative estimate of drug-likeness (QED) is 0.764. The number of nitrogens with zero attached hydrogens (tertiary/aromatic N) is 2. The van der Waals surface area contributed by atoms with Crippen molar-refractivity contribution in [1.82, 2.24) is 15.2 Å². The second-order valence-electron chi connectivity index (χ2n) is 5.94. The second-order valence-corrected chi connectivity index (χ2v) is 5.94. The molecule has 0 aliphatic rings. The standard InChI is InChI=1S/C20H25N3O2/c1-17(24)23(14-7-10-18-8-3-2-4-9-18)15-12-20(25)22-16-19-11-5-6-13-21-19/h2-6,8-9,11,13H,7,10,12,14-16H2,1H3,(H,22,25). The van der Waals surface area contributed by atoms with E-state index in [9.17, 15) is 9.59 Å². The van der Waals surface area contributed by atoms with Crippen LogP contribution in [0.25, 0.3) is 0 Å². The van der Waals surface area contributed by atoms with Crippen molar-refractivity contribution in [3.05, 3.63) is 66.0 Å². The van der Waals surface area contributed by atoms with E-state index in [0.717, 1.165) is 18.5 Å². The highest BCUT2D eigenvalue weighted by molar-refractivity contribution is 5.77. The van der Waals surface area contributed by atoms with Crippen LogP contribution in [0, 0.1) is 0 Å². The Bertz CT molecular complexity index is 659. The van der Waals surface area contributed by atoms with Crippen molar-refractivity contribution in [2.75, 3.05) is 13.1 Å². The molecule has 5 heteroatoms. The maximum Gasteiger partial charge on any atom is 0.222 e. The molecule has 0 spiro atoms. The fourth-order valence-electron chi connectivity index (χ4n) is 2.56. The van der Waals surface area contributed by atoms with Crippen molar-refractivity contribution in [1.29, 1.82) is 0 Å². The van der Waals surface area contributed by atoms with Crippen molar-refractivity contribution in [2.45, 2.75) is 32.7 Å². The summed E-state index contributed by atoms with van der Waals surface area (Å²) in [6, 6.07) is 15.8. The number of aromatic nitrogens is 1. The van der Waals surface area contributed by atoms with Gasteiger partial charge in [-0.25, -0.2) is 0 Å². The Morgan fingerprint density at radius 1 is 1.04 bits per heavy atom. The van der Waals surface area contributed by atoms with Gasteiger partial charge >= 0.3 is 0 Å². The molecule has 0 saturated heterocycles. The summed E-state index contributed by atoms with van der Waals surface area (Å²) in [7, 11) is 0. The van der Waals surface area contributed by atoms with Crippen molar-refractivity contribution in [3.8, 4) is 0 Å². The first-order valence-corrected chi connectivity index (χ1v) is 8.61. The fourth-order valence-corrected chi connectivity index (χ4v) is 2.56. The van der Waals surface area contributed by atoms with Gasteiger partial charge in [-0.1, -0.05) is 36.4 Å². The topological polar surface area (TPSA) is 62.3 Å². The third-order valence-electron chi connectivity index (χ3n) is 3.98. The van der Waals surface area contributed by atoms with Crippen LogP contribution in [0.4, 0.5) is 0 Å². The predicted octanol–water partition coefficient (Wildman–Crippen LogP) is 2.57. The third kappa shape index (κ3) is 7.16. The minimum atomic E-state index is -0.0695. The van der Waals surface area contributed by atoms with Crippen LogP contribution in [0.2, 0.25) is 0 Å². The smallest absolute Gasteiger partial charge is 0.222 e. The van der Waals surface area contributed by atoms with E-state index in [1.807, 2.05) is 36.4 Å². The van der Waals surface area contributed by atoms with E-state index in [2.05, 4.69) is 22.4 Å². The number of pyridine rings is 1. The average Bonchev–Trinajstić information content (AvgIpc) is 2.64. The van der Waals surface area contributed by atoms with Gasteiger partial charge in [0.25, 0.3) is 0 Å². The molecule has 0 aliphatic carbocycles. The van der Waals surface area contributed by atoms with Crippen LogP contribution < -0.4 is 5.32 Å². The van der Waals surface area contributed by atoms with Crippen LogP contribution >= 0.6 is 0 Å². The van der Waals surface area contributed by atoms with Crippen molar-refractivity contribution in [3.63, 3.8) is 0 Å². The molecule has 132 valence electrons. The molecular formula is C20H25N3O2. The lowest BCUT2D eigenvalue weighted by Gasteiger charge is -2.20. The van der Waals surface area contributed by atoms with Gasteiger partial charge in [-0.2, -0.15) is 0 Å². The summed E-state index contributed by atoms with van der Waals surface area (Å²) in [6.07, 6.45) is 3.82. The Balaban J connectivity index is 1.69. The molecule has 1 aromatic carbocycles. The maximum absolute atomic E-state index is 12.0. The lowest BCUT2D eigenvalue weighted by Crippen LogP contribution is -2.34. The van der Waals surface area contributed by atoms with Gasteiger partial charge in [-0.05, 0) is 30.5 Å². The van der Waals surface area contributed by atoms with E-state index in [0.29, 0.717) is 26.1 Å². The molecule has 2 aromatic rings. The van der Waals surface area contributed by atoms with Gasteiger partial charge in [0.15, 0.2) is 0 Å². The third-order valence-corrected chi connectivity index (χ3v) is 3.98. The van der Waals surface area contributed by atoms with Gasteiger partial charge in [0.2, 0.25) is 11.8 Å². The molecule has 0 unspecified atom stereocenters. The lowest BCUT2D eigenvalue weighted by atomic mass is 10.1. The van der Waals surface area contributed by atoms with Gasteiger partial charge in [-0.3, -0.25) is 14.6 Å². The van der Waals surface area contributed by atoms with E-state index in [1.54, 1.807) is 18.0 Å². The molecule has 0 atom stereocenters. The molecule has 0 aliphatic heterocycles. The fraction of sp³-hybridized carbons (Fsp3) is 0.350. The highest BCUT2D eigenvalue weighted by atomic mass is 16.2. The summed E-state index contributed by atoms with van der Waals surface area (Å²) >= 11 is 0. The van der Waals surface area contributed by atoms with Crippen LogP contribution in [-0.2, 0) is 22.6 Å². The summed E-state index contributed by atoms with van der Waals surface area (Å²) in [5.41, 5.74) is 2.08. The Morgan fingerprint density at radius 2 is 1.80 bits per heavy atom. The Kier molecular flexibility index (Phi) is 7.63. The largest absolute Gasteiger partial charge is 0.350 e. The van der Waals surface area contributed by atoms with Crippen LogP contribution in [0.15, 0.2) is 54.7 Å². The summed E-state index contributed by atoms with van der Waals surface area (Å²) < 4.78 is 0. The zero-order chi connectivity index (χ0) is 17.9.